The molecule has 1 heterocycles. The van der Waals surface area contributed by atoms with Gasteiger partial charge in [-0.05, 0) is 27.4 Å². The second kappa shape index (κ2) is 6.18. The normalized spacial score (nSPS) is 26.3. The number of likely N-dealkylation sites (tertiary alicyclic amines) is 1. The summed E-state index contributed by atoms with van der Waals surface area (Å²) in [5.41, 5.74) is 0. The average molecular weight is 230 g/mol. The van der Waals surface area contributed by atoms with Crippen molar-refractivity contribution in [3.63, 3.8) is 0 Å². The predicted octanol–water partition coefficient (Wildman–Crippen LogP) is -0.454. The molecule has 16 heavy (non-hydrogen) atoms. The Morgan fingerprint density at radius 3 is 2.81 bits per heavy atom. The van der Waals surface area contributed by atoms with Crippen LogP contribution in [0.25, 0.3) is 0 Å². The Morgan fingerprint density at radius 2 is 2.25 bits per heavy atom. The van der Waals surface area contributed by atoms with Gasteiger partial charge in [0.05, 0.1) is 19.3 Å². The Bertz CT molecular complexity index is 233. The highest BCUT2D eigenvalue weighted by Gasteiger charge is 2.32. The first-order valence-corrected chi connectivity index (χ1v) is 5.75. The van der Waals surface area contributed by atoms with Crippen molar-refractivity contribution < 1.29 is 14.6 Å². The van der Waals surface area contributed by atoms with Crippen LogP contribution < -0.4 is 0 Å². The van der Waals surface area contributed by atoms with Gasteiger partial charge in [-0.25, -0.2) is 0 Å². The van der Waals surface area contributed by atoms with E-state index in [-0.39, 0.29) is 24.7 Å². The number of carbonyl (C=O) groups excluding carboxylic acids is 1. The Balaban J connectivity index is 2.45. The Morgan fingerprint density at radius 1 is 1.56 bits per heavy atom. The lowest BCUT2D eigenvalue weighted by molar-refractivity contribution is -0.144. The minimum Gasteiger partial charge on any atom is -0.465 e. The molecule has 0 radical (unpaired) electrons. The molecule has 1 aliphatic rings. The summed E-state index contributed by atoms with van der Waals surface area (Å²) in [6.07, 6.45) is 0.414. The average Bonchev–Trinajstić information content (AvgIpc) is 2.45. The first kappa shape index (κ1) is 13.4. The molecule has 94 valence electrons. The maximum absolute atomic E-state index is 11.4. The fraction of sp³-hybridized carbons (Fsp3) is 0.909. The highest BCUT2D eigenvalue weighted by atomic mass is 16.5. The van der Waals surface area contributed by atoms with E-state index in [1.807, 2.05) is 19.0 Å². The number of likely N-dealkylation sites (N-methyl/N-ethyl adjacent to an activating group) is 1. The summed E-state index contributed by atoms with van der Waals surface area (Å²) >= 11 is 0. The SMILES string of the molecule is CCOC(=O)CN1CC(O)CC1CN(C)C. The summed E-state index contributed by atoms with van der Waals surface area (Å²) in [4.78, 5) is 15.5. The second-order valence-corrected chi connectivity index (χ2v) is 4.54. The third-order valence-electron chi connectivity index (χ3n) is 2.72. The number of hydrogen-bond donors (Lipinski definition) is 1. The molecule has 5 heteroatoms. The van der Waals surface area contributed by atoms with E-state index < -0.39 is 0 Å². The molecular formula is C11H22N2O3. The van der Waals surface area contributed by atoms with Crippen molar-refractivity contribution >= 4 is 5.97 Å². The molecule has 1 N–H and O–H groups in total. The van der Waals surface area contributed by atoms with Crippen LogP contribution in [0.5, 0.6) is 0 Å². The standard InChI is InChI=1S/C11H22N2O3/c1-4-16-11(15)8-13-7-10(14)5-9(13)6-12(2)3/h9-10,14H,4-8H2,1-3H3. The number of aliphatic hydroxyl groups is 1. The molecule has 0 bridgehead atoms. The molecule has 2 atom stereocenters. The molecule has 0 aromatic rings. The van der Waals surface area contributed by atoms with E-state index in [4.69, 9.17) is 4.74 Å². The topological polar surface area (TPSA) is 53.0 Å². The lowest BCUT2D eigenvalue weighted by atomic mass is 10.2. The molecular weight excluding hydrogens is 208 g/mol. The van der Waals surface area contributed by atoms with Crippen LogP contribution in [0.4, 0.5) is 0 Å². The van der Waals surface area contributed by atoms with Gasteiger partial charge < -0.3 is 14.7 Å². The van der Waals surface area contributed by atoms with Gasteiger partial charge in [0.15, 0.2) is 0 Å². The van der Waals surface area contributed by atoms with Crippen LogP contribution >= 0.6 is 0 Å². The number of ether oxygens (including phenoxy) is 1. The minimum absolute atomic E-state index is 0.208. The molecule has 1 fully saturated rings. The minimum atomic E-state index is -0.320. The summed E-state index contributed by atoms with van der Waals surface area (Å²) in [6, 6.07) is 0.245. The maximum atomic E-state index is 11.4. The summed E-state index contributed by atoms with van der Waals surface area (Å²) in [5, 5.41) is 9.61. The lowest BCUT2D eigenvalue weighted by Gasteiger charge is -2.25. The van der Waals surface area contributed by atoms with Crippen LogP contribution in [0, 0.1) is 0 Å². The zero-order valence-electron chi connectivity index (χ0n) is 10.3. The first-order chi connectivity index (χ1) is 7.52. The van der Waals surface area contributed by atoms with Crippen LogP contribution in [0.1, 0.15) is 13.3 Å². The molecule has 5 nitrogen and oxygen atoms in total. The number of carbonyl (C=O) groups is 1. The van der Waals surface area contributed by atoms with Crippen LogP contribution in [-0.2, 0) is 9.53 Å². The summed E-state index contributed by atoms with van der Waals surface area (Å²) in [5.74, 6) is -0.208. The number of nitrogens with zero attached hydrogens (tertiary/aromatic N) is 2. The van der Waals surface area contributed by atoms with Crippen molar-refractivity contribution in [1.82, 2.24) is 9.80 Å². The molecule has 0 saturated carbocycles. The van der Waals surface area contributed by atoms with Crippen LogP contribution in [0.2, 0.25) is 0 Å². The molecule has 1 saturated heterocycles. The Labute approximate surface area is 97.0 Å². The number of rotatable bonds is 5. The van der Waals surface area contributed by atoms with Crippen molar-refractivity contribution in [1.29, 1.82) is 0 Å². The van der Waals surface area contributed by atoms with E-state index in [9.17, 15) is 9.90 Å². The zero-order chi connectivity index (χ0) is 12.1. The van der Waals surface area contributed by atoms with Gasteiger partial charge >= 0.3 is 5.97 Å². The zero-order valence-corrected chi connectivity index (χ0v) is 10.3. The van der Waals surface area contributed by atoms with Gasteiger partial charge in [-0.15, -0.1) is 0 Å². The molecule has 0 aromatic heterocycles. The van der Waals surface area contributed by atoms with Crippen LogP contribution in [-0.4, -0.2) is 73.4 Å². The van der Waals surface area contributed by atoms with Crippen LogP contribution in [0.15, 0.2) is 0 Å². The van der Waals surface area contributed by atoms with Crippen molar-refractivity contribution in [3.05, 3.63) is 0 Å². The van der Waals surface area contributed by atoms with Crippen molar-refractivity contribution in [2.24, 2.45) is 0 Å². The van der Waals surface area contributed by atoms with Gasteiger partial charge in [-0.3, -0.25) is 9.69 Å². The van der Waals surface area contributed by atoms with Crippen LogP contribution in [0.3, 0.4) is 0 Å². The third kappa shape index (κ3) is 4.08. The fourth-order valence-electron chi connectivity index (χ4n) is 2.14. The summed E-state index contributed by atoms with van der Waals surface area (Å²) in [7, 11) is 3.99. The smallest absolute Gasteiger partial charge is 0.320 e. The lowest BCUT2D eigenvalue weighted by Crippen LogP contribution is -2.40. The molecule has 0 spiro atoms. The van der Waals surface area contributed by atoms with E-state index in [0.29, 0.717) is 13.2 Å². The van der Waals surface area contributed by atoms with E-state index in [1.54, 1.807) is 6.92 Å². The summed E-state index contributed by atoms with van der Waals surface area (Å²) < 4.78 is 4.92. The highest BCUT2D eigenvalue weighted by Crippen LogP contribution is 2.18. The van der Waals surface area contributed by atoms with E-state index in [2.05, 4.69) is 4.90 Å². The van der Waals surface area contributed by atoms with Crippen molar-refractivity contribution in [3.8, 4) is 0 Å². The summed E-state index contributed by atoms with van der Waals surface area (Å²) in [6.45, 7) is 3.92. The molecule has 0 amide bonds. The molecule has 2 unspecified atom stereocenters. The molecule has 0 aromatic carbocycles. The van der Waals surface area contributed by atoms with E-state index >= 15 is 0 Å². The number of esters is 1. The quantitative estimate of drug-likeness (QED) is 0.648. The molecule has 1 rings (SSSR count). The van der Waals surface area contributed by atoms with Gasteiger partial charge in [-0.2, -0.15) is 0 Å². The second-order valence-electron chi connectivity index (χ2n) is 4.54. The van der Waals surface area contributed by atoms with Gasteiger partial charge in [0.1, 0.15) is 0 Å². The third-order valence-corrected chi connectivity index (χ3v) is 2.72. The number of β-amino-alcohol motifs (C(OH)–C–C–N with tert-alkyl or cyclic N) is 1. The van der Waals surface area contributed by atoms with Gasteiger partial charge in [-0.1, -0.05) is 0 Å². The Kier molecular flexibility index (Phi) is 5.18. The van der Waals surface area contributed by atoms with Gasteiger partial charge in [0.2, 0.25) is 0 Å². The largest absolute Gasteiger partial charge is 0.465 e. The van der Waals surface area contributed by atoms with Crippen molar-refractivity contribution in [2.45, 2.75) is 25.5 Å². The van der Waals surface area contributed by atoms with E-state index in [1.165, 1.54) is 0 Å². The van der Waals surface area contributed by atoms with Gasteiger partial charge in [0.25, 0.3) is 0 Å². The molecule has 1 aliphatic heterocycles. The highest BCUT2D eigenvalue weighted by molar-refractivity contribution is 5.71. The number of hydrogen-bond acceptors (Lipinski definition) is 5. The van der Waals surface area contributed by atoms with Crippen molar-refractivity contribution in [2.75, 3.05) is 40.3 Å². The van der Waals surface area contributed by atoms with Gasteiger partial charge in [0, 0.05) is 19.1 Å². The van der Waals surface area contributed by atoms with E-state index in [0.717, 1.165) is 13.0 Å². The number of aliphatic hydroxyl groups excluding tert-OH is 1. The fourth-order valence-corrected chi connectivity index (χ4v) is 2.14. The maximum Gasteiger partial charge on any atom is 0.320 e. The first-order valence-electron chi connectivity index (χ1n) is 5.75. The predicted molar refractivity (Wildman–Crippen MR) is 61.2 cm³/mol. The molecule has 0 aliphatic carbocycles. The Hall–Kier alpha value is -0.650. The monoisotopic (exact) mass is 230 g/mol.